The summed E-state index contributed by atoms with van der Waals surface area (Å²) in [6, 6.07) is 10.7. The predicted molar refractivity (Wildman–Crippen MR) is 103 cm³/mol. The van der Waals surface area contributed by atoms with Gasteiger partial charge in [-0.2, -0.15) is 5.10 Å². The lowest BCUT2D eigenvalue weighted by Gasteiger charge is -2.31. The summed E-state index contributed by atoms with van der Waals surface area (Å²) in [5, 5.41) is 5.05. The van der Waals surface area contributed by atoms with Crippen LogP contribution >= 0.6 is 11.8 Å². The summed E-state index contributed by atoms with van der Waals surface area (Å²) >= 11 is 1.94. The summed E-state index contributed by atoms with van der Waals surface area (Å²) < 4.78 is 1.74. The van der Waals surface area contributed by atoms with Gasteiger partial charge in [0.1, 0.15) is 5.69 Å². The van der Waals surface area contributed by atoms with Crippen LogP contribution in [0, 0.1) is 6.92 Å². The first-order valence-electron chi connectivity index (χ1n) is 9.12. The summed E-state index contributed by atoms with van der Waals surface area (Å²) in [4.78, 5) is 16.1. The van der Waals surface area contributed by atoms with Crippen molar-refractivity contribution in [1.29, 1.82) is 0 Å². The topological polar surface area (TPSA) is 38.1 Å². The molecule has 0 radical (unpaired) electrons. The van der Waals surface area contributed by atoms with Crippen molar-refractivity contribution in [3.8, 4) is 0 Å². The number of nitrogens with zero attached hydrogens (tertiary/aromatic N) is 3. The third-order valence-electron chi connectivity index (χ3n) is 4.71. The molecule has 2 heterocycles. The Labute approximate surface area is 154 Å². The molecule has 134 valence electrons. The molecular formula is C20H27N3OS. The third-order valence-corrected chi connectivity index (χ3v) is 6.06. The van der Waals surface area contributed by atoms with Gasteiger partial charge in [0.15, 0.2) is 0 Å². The number of aryl methyl sites for hydroxylation is 3. The quantitative estimate of drug-likeness (QED) is 0.809. The van der Waals surface area contributed by atoms with Crippen LogP contribution in [0.2, 0.25) is 0 Å². The van der Waals surface area contributed by atoms with E-state index >= 15 is 0 Å². The van der Waals surface area contributed by atoms with Crippen molar-refractivity contribution in [2.75, 3.05) is 13.1 Å². The highest BCUT2D eigenvalue weighted by Crippen LogP contribution is 2.30. The zero-order chi connectivity index (χ0) is 17.8. The Bertz CT molecular complexity index is 715. The second-order valence-corrected chi connectivity index (χ2v) is 8.19. The number of likely N-dealkylation sites (tertiary alicyclic amines) is 1. The van der Waals surface area contributed by atoms with E-state index in [2.05, 4.69) is 43.2 Å². The van der Waals surface area contributed by atoms with E-state index in [4.69, 9.17) is 0 Å². The van der Waals surface area contributed by atoms with Gasteiger partial charge in [-0.25, -0.2) is 0 Å². The SMILES string of the molecule is CCCc1cc(C(=O)N2CCC(Sc3ccc(C)cc3)CC2)n(C)n1. The van der Waals surface area contributed by atoms with Gasteiger partial charge < -0.3 is 4.90 Å². The number of hydrogen-bond donors (Lipinski definition) is 0. The molecule has 1 amide bonds. The molecule has 25 heavy (non-hydrogen) atoms. The van der Waals surface area contributed by atoms with Crippen molar-refractivity contribution < 1.29 is 4.79 Å². The molecule has 1 aromatic carbocycles. The average Bonchev–Trinajstić information content (AvgIpc) is 2.98. The normalized spacial score (nSPS) is 15.6. The Balaban J connectivity index is 1.56. The van der Waals surface area contributed by atoms with Crippen molar-refractivity contribution in [3.05, 3.63) is 47.3 Å². The first-order valence-corrected chi connectivity index (χ1v) is 10.00. The minimum atomic E-state index is 0.121. The van der Waals surface area contributed by atoms with Gasteiger partial charge in [-0.15, -0.1) is 11.8 Å². The fourth-order valence-electron chi connectivity index (χ4n) is 3.25. The Kier molecular flexibility index (Phi) is 5.84. The van der Waals surface area contributed by atoms with E-state index in [-0.39, 0.29) is 5.91 Å². The monoisotopic (exact) mass is 357 g/mol. The van der Waals surface area contributed by atoms with Gasteiger partial charge in [0.25, 0.3) is 5.91 Å². The summed E-state index contributed by atoms with van der Waals surface area (Å²) in [6.45, 7) is 5.91. The van der Waals surface area contributed by atoms with Crippen molar-refractivity contribution in [1.82, 2.24) is 14.7 Å². The number of piperidine rings is 1. The zero-order valence-corrected chi connectivity index (χ0v) is 16.2. The molecule has 1 fully saturated rings. The maximum Gasteiger partial charge on any atom is 0.272 e. The van der Waals surface area contributed by atoms with E-state index in [9.17, 15) is 4.79 Å². The minimum Gasteiger partial charge on any atom is -0.337 e. The van der Waals surface area contributed by atoms with Crippen molar-refractivity contribution >= 4 is 17.7 Å². The number of rotatable bonds is 5. The number of aromatic nitrogens is 2. The molecular weight excluding hydrogens is 330 g/mol. The van der Waals surface area contributed by atoms with Crippen molar-refractivity contribution in [2.45, 2.75) is 49.7 Å². The molecule has 0 bridgehead atoms. The second kappa shape index (κ2) is 8.09. The number of carbonyl (C=O) groups excluding carboxylic acids is 1. The first-order chi connectivity index (χ1) is 12.1. The molecule has 0 spiro atoms. The predicted octanol–water partition coefficient (Wildman–Crippen LogP) is 4.08. The lowest BCUT2D eigenvalue weighted by atomic mass is 10.1. The number of thioether (sulfide) groups is 1. The fraction of sp³-hybridized carbons (Fsp3) is 0.500. The maximum atomic E-state index is 12.8. The van der Waals surface area contributed by atoms with Crippen LogP contribution < -0.4 is 0 Å². The summed E-state index contributed by atoms with van der Waals surface area (Å²) in [5.74, 6) is 0.121. The highest BCUT2D eigenvalue weighted by Gasteiger charge is 2.26. The van der Waals surface area contributed by atoms with Crippen LogP contribution in [0.1, 0.15) is 47.9 Å². The maximum absolute atomic E-state index is 12.8. The number of carbonyl (C=O) groups is 1. The average molecular weight is 358 g/mol. The number of hydrogen-bond acceptors (Lipinski definition) is 3. The second-order valence-electron chi connectivity index (χ2n) is 6.82. The fourth-order valence-corrected chi connectivity index (χ4v) is 4.38. The van der Waals surface area contributed by atoms with Crippen LogP contribution in [0.15, 0.2) is 35.2 Å². The third kappa shape index (κ3) is 4.46. The van der Waals surface area contributed by atoms with E-state index in [1.54, 1.807) is 4.68 Å². The lowest BCUT2D eigenvalue weighted by Crippen LogP contribution is -2.40. The first kappa shape index (κ1) is 18.1. The van der Waals surface area contributed by atoms with Crippen LogP contribution in [-0.4, -0.2) is 38.9 Å². The molecule has 1 aromatic heterocycles. The number of benzene rings is 1. The van der Waals surface area contributed by atoms with Crippen LogP contribution in [0.3, 0.4) is 0 Å². The highest BCUT2D eigenvalue weighted by atomic mass is 32.2. The van der Waals surface area contributed by atoms with Gasteiger partial charge in [-0.05, 0) is 44.4 Å². The van der Waals surface area contributed by atoms with Gasteiger partial charge in [-0.3, -0.25) is 9.48 Å². The van der Waals surface area contributed by atoms with Crippen LogP contribution in [-0.2, 0) is 13.5 Å². The summed E-state index contributed by atoms with van der Waals surface area (Å²) in [6.07, 6.45) is 4.07. The zero-order valence-electron chi connectivity index (χ0n) is 15.4. The molecule has 2 aromatic rings. The molecule has 0 unspecified atom stereocenters. The molecule has 0 aliphatic carbocycles. The lowest BCUT2D eigenvalue weighted by molar-refractivity contribution is 0.0716. The van der Waals surface area contributed by atoms with Gasteiger partial charge in [0.05, 0.1) is 5.69 Å². The molecule has 0 saturated carbocycles. The number of amides is 1. The molecule has 1 saturated heterocycles. The molecule has 5 heteroatoms. The minimum absolute atomic E-state index is 0.121. The Morgan fingerprint density at radius 3 is 2.56 bits per heavy atom. The van der Waals surface area contributed by atoms with Gasteiger partial charge in [0.2, 0.25) is 0 Å². The van der Waals surface area contributed by atoms with Crippen LogP contribution in [0.5, 0.6) is 0 Å². The van der Waals surface area contributed by atoms with Gasteiger partial charge >= 0.3 is 0 Å². The molecule has 0 atom stereocenters. The van der Waals surface area contributed by atoms with E-state index in [0.29, 0.717) is 10.9 Å². The summed E-state index contributed by atoms with van der Waals surface area (Å²) in [5.41, 5.74) is 3.02. The van der Waals surface area contributed by atoms with Crippen LogP contribution in [0.25, 0.3) is 0 Å². The highest BCUT2D eigenvalue weighted by molar-refractivity contribution is 8.00. The largest absolute Gasteiger partial charge is 0.337 e. The van der Waals surface area contributed by atoms with E-state index in [0.717, 1.165) is 44.5 Å². The molecule has 0 N–H and O–H groups in total. The van der Waals surface area contributed by atoms with Crippen molar-refractivity contribution in [2.24, 2.45) is 7.05 Å². The molecule has 4 nitrogen and oxygen atoms in total. The molecule has 1 aliphatic heterocycles. The standard InChI is InChI=1S/C20H27N3OS/c1-4-5-16-14-19(22(3)21-16)20(24)23-12-10-18(11-13-23)25-17-8-6-15(2)7-9-17/h6-9,14,18H,4-5,10-13H2,1-3H3. The molecule has 1 aliphatic rings. The van der Waals surface area contributed by atoms with Gasteiger partial charge in [-0.1, -0.05) is 31.0 Å². The smallest absolute Gasteiger partial charge is 0.272 e. The van der Waals surface area contributed by atoms with Crippen LogP contribution in [0.4, 0.5) is 0 Å². The van der Waals surface area contributed by atoms with E-state index in [1.165, 1.54) is 10.5 Å². The van der Waals surface area contributed by atoms with E-state index < -0.39 is 0 Å². The Hall–Kier alpha value is -1.75. The Morgan fingerprint density at radius 2 is 1.92 bits per heavy atom. The molecule has 3 rings (SSSR count). The van der Waals surface area contributed by atoms with Crippen molar-refractivity contribution in [3.63, 3.8) is 0 Å². The van der Waals surface area contributed by atoms with Gasteiger partial charge in [0, 0.05) is 30.3 Å². The Morgan fingerprint density at radius 1 is 1.24 bits per heavy atom. The van der Waals surface area contributed by atoms with E-state index in [1.807, 2.05) is 29.8 Å². The summed E-state index contributed by atoms with van der Waals surface area (Å²) in [7, 11) is 1.87.